The molecule has 5 nitrogen and oxygen atoms in total. The number of hydrogen-bond donors (Lipinski definition) is 3. The van der Waals surface area contributed by atoms with Gasteiger partial charge < -0.3 is 16.8 Å². The van der Waals surface area contributed by atoms with Gasteiger partial charge in [0.1, 0.15) is 0 Å². The molecule has 158 valence electrons. The zero-order valence-electron chi connectivity index (χ0n) is 18.0. The quantitative estimate of drug-likeness (QED) is 0.346. The number of nitrogens with two attached hydrogens (primary N) is 2. The highest BCUT2D eigenvalue weighted by molar-refractivity contribution is 5.83. The molecule has 5 heteroatoms. The number of nitrogens with one attached hydrogen (secondary N) is 1. The Kier molecular flexibility index (Phi) is 7.90. The minimum absolute atomic E-state index is 0.190. The van der Waals surface area contributed by atoms with Crippen LogP contribution in [0.15, 0.2) is 47.5 Å². The molecule has 1 saturated heterocycles. The summed E-state index contributed by atoms with van der Waals surface area (Å²) in [5, 5.41) is 6.41. The van der Waals surface area contributed by atoms with Gasteiger partial charge in [0.2, 0.25) is 0 Å². The fourth-order valence-corrected chi connectivity index (χ4v) is 4.39. The Labute approximate surface area is 175 Å². The maximum Gasteiger partial charge on any atom is 0.185 e. The molecular weight excluding hydrogens is 358 g/mol. The van der Waals surface area contributed by atoms with E-state index in [1.807, 2.05) is 0 Å². The first-order valence-corrected chi connectivity index (χ1v) is 11.0. The third-order valence-corrected chi connectivity index (χ3v) is 5.86. The fraction of sp³-hybridized carbons (Fsp3) is 0.542. The smallest absolute Gasteiger partial charge is 0.185 e. The van der Waals surface area contributed by atoms with Crippen molar-refractivity contribution in [1.82, 2.24) is 10.2 Å². The summed E-state index contributed by atoms with van der Waals surface area (Å²) in [6, 6.07) is 16.6. The Morgan fingerprint density at radius 3 is 2.72 bits per heavy atom. The maximum absolute atomic E-state index is 5.43. The molecule has 2 atom stereocenters. The van der Waals surface area contributed by atoms with E-state index in [2.05, 4.69) is 71.5 Å². The summed E-state index contributed by atoms with van der Waals surface area (Å²) in [6.07, 6.45) is 4.46. The van der Waals surface area contributed by atoms with Crippen LogP contribution in [0.4, 0.5) is 0 Å². The van der Waals surface area contributed by atoms with Crippen LogP contribution in [0.3, 0.4) is 0 Å². The number of hydrogen-bond acceptors (Lipinski definition) is 3. The van der Waals surface area contributed by atoms with Crippen molar-refractivity contribution in [2.45, 2.75) is 51.6 Å². The molecule has 1 heterocycles. The Morgan fingerprint density at radius 1 is 1.17 bits per heavy atom. The summed E-state index contributed by atoms with van der Waals surface area (Å²) in [6.45, 7) is 8.65. The SMILES string of the molecule is CC(C)C[C@@H]1CN[C@@H](CCCN=C(N)N)CN1CCc1ccc2ccccc2c1. The molecule has 0 amide bonds. The van der Waals surface area contributed by atoms with Crippen molar-refractivity contribution in [2.24, 2.45) is 22.4 Å². The Hall–Kier alpha value is -2.11. The van der Waals surface area contributed by atoms with E-state index in [0.717, 1.165) is 38.9 Å². The zero-order chi connectivity index (χ0) is 20.6. The predicted molar refractivity (Wildman–Crippen MR) is 124 cm³/mol. The number of rotatable bonds is 9. The van der Waals surface area contributed by atoms with Gasteiger partial charge >= 0.3 is 0 Å². The van der Waals surface area contributed by atoms with Gasteiger partial charge in [0.05, 0.1) is 0 Å². The average Bonchev–Trinajstić information content (AvgIpc) is 2.70. The molecule has 29 heavy (non-hydrogen) atoms. The third-order valence-electron chi connectivity index (χ3n) is 5.86. The first-order chi connectivity index (χ1) is 14.0. The number of piperazine rings is 1. The second-order valence-corrected chi connectivity index (χ2v) is 8.76. The summed E-state index contributed by atoms with van der Waals surface area (Å²) < 4.78 is 0. The molecule has 1 aliphatic heterocycles. The molecule has 0 unspecified atom stereocenters. The van der Waals surface area contributed by atoms with Crippen molar-refractivity contribution in [3.63, 3.8) is 0 Å². The molecule has 0 aromatic heterocycles. The lowest BCUT2D eigenvalue weighted by atomic mass is 9.96. The van der Waals surface area contributed by atoms with Crippen molar-refractivity contribution >= 4 is 16.7 Å². The summed E-state index contributed by atoms with van der Waals surface area (Å²) in [7, 11) is 0. The molecule has 0 bridgehead atoms. The number of benzene rings is 2. The number of fused-ring (bicyclic) bond motifs is 1. The number of aliphatic imine (C=N–C) groups is 1. The second-order valence-electron chi connectivity index (χ2n) is 8.76. The highest BCUT2D eigenvalue weighted by atomic mass is 15.2. The molecule has 1 fully saturated rings. The molecule has 2 aromatic rings. The molecule has 1 aliphatic rings. The van der Waals surface area contributed by atoms with E-state index in [1.165, 1.54) is 22.8 Å². The summed E-state index contributed by atoms with van der Waals surface area (Å²) in [5.41, 5.74) is 12.3. The van der Waals surface area contributed by atoms with E-state index in [1.54, 1.807) is 0 Å². The van der Waals surface area contributed by atoms with E-state index < -0.39 is 0 Å². The van der Waals surface area contributed by atoms with Crippen molar-refractivity contribution < 1.29 is 0 Å². The first kappa shape index (κ1) is 21.6. The van der Waals surface area contributed by atoms with Gasteiger partial charge in [0, 0.05) is 38.3 Å². The van der Waals surface area contributed by atoms with Crippen LogP contribution < -0.4 is 16.8 Å². The molecule has 3 rings (SSSR count). The van der Waals surface area contributed by atoms with Gasteiger partial charge in [0.15, 0.2) is 5.96 Å². The largest absolute Gasteiger partial charge is 0.370 e. The molecule has 5 N–H and O–H groups in total. The Balaban J connectivity index is 1.59. The lowest BCUT2D eigenvalue weighted by Crippen LogP contribution is -2.57. The normalized spacial score (nSPS) is 20.2. The molecule has 0 spiro atoms. The van der Waals surface area contributed by atoms with Crippen LogP contribution in [0.2, 0.25) is 0 Å². The number of nitrogens with zero attached hydrogens (tertiary/aromatic N) is 2. The van der Waals surface area contributed by atoms with E-state index in [0.29, 0.717) is 24.5 Å². The van der Waals surface area contributed by atoms with E-state index in [9.17, 15) is 0 Å². The van der Waals surface area contributed by atoms with Crippen LogP contribution >= 0.6 is 0 Å². The minimum Gasteiger partial charge on any atom is -0.370 e. The minimum atomic E-state index is 0.190. The summed E-state index contributed by atoms with van der Waals surface area (Å²) >= 11 is 0. The predicted octanol–water partition coefficient (Wildman–Crippen LogP) is 3.12. The average molecular weight is 396 g/mol. The Morgan fingerprint density at radius 2 is 1.97 bits per heavy atom. The molecule has 0 radical (unpaired) electrons. The van der Waals surface area contributed by atoms with Gasteiger partial charge in [-0.3, -0.25) is 9.89 Å². The van der Waals surface area contributed by atoms with Crippen molar-refractivity contribution in [3.05, 3.63) is 48.0 Å². The van der Waals surface area contributed by atoms with Crippen molar-refractivity contribution in [2.75, 3.05) is 26.2 Å². The van der Waals surface area contributed by atoms with Gasteiger partial charge in [-0.15, -0.1) is 0 Å². The van der Waals surface area contributed by atoms with Crippen molar-refractivity contribution in [1.29, 1.82) is 0 Å². The highest BCUT2D eigenvalue weighted by Gasteiger charge is 2.27. The zero-order valence-corrected chi connectivity index (χ0v) is 18.0. The highest BCUT2D eigenvalue weighted by Crippen LogP contribution is 2.20. The second kappa shape index (κ2) is 10.6. The van der Waals surface area contributed by atoms with Gasteiger partial charge in [-0.05, 0) is 47.9 Å². The lowest BCUT2D eigenvalue weighted by molar-refractivity contribution is 0.112. The topological polar surface area (TPSA) is 79.7 Å². The van der Waals surface area contributed by atoms with Gasteiger partial charge in [-0.2, -0.15) is 0 Å². The first-order valence-electron chi connectivity index (χ1n) is 11.0. The molecule has 2 aromatic carbocycles. The van der Waals surface area contributed by atoms with Crippen LogP contribution in [0, 0.1) is 5.92 Å². The lowest BCUT2D eigenvalue weighted by Gasteiger charge is -2.41. The van der Waals surface area contributed by atoms with E-state index in [-0.39, 0.29) is 5.96 Å². The van der Waals surface area contributed by atoms with E-state index >= 15 is 0 Å². The third kappa shape index (κ3) is 6.72. The van der Waals surface area contributed by atoms with Crippen molar-refractivity contribution in [3.8, 4) is 0 Å². The fourth-order valence-electron chi connectivity index (χ4n) is 4.39. The monoisotopic (exact) mass is 395 g/mol. The van der Waals surface area contributed by atoms with Gasteiger partial charge in [-0.25, -0.2) is 0 Å². The standard InChI is InChI=1S/C24H37N5/c1-18(2)14-23-16-28-22(8-5-12-27-24(25)26)17-29(23)13-11-19-9-10-20-6-3-4-7-21(20)15-19/h3-4,6-7,9-10,15,18,22-23,28H,5,8,11-14,16-17H2,1-2H3,(H4,25,26,27)/t22-,23+/m0/s1. The van der Waals surface area contributed by atoms with E-state index in [4.69, 9.17) is 11.5 Å². The molecular formula is C24H37N5. The van der Waals surface area contributed by atoms with Crippen LogP contribution in [0.5, 0.6) is 0 Å². The molecule has 0 saturated carbocycles. The molecule has 0 aliphatic carbocycles. The number of guanidine groups is 1. The maximum atomic E-state index is 5.43. The van der Waals surface area contributed by atoms with Gasteiger partial charge in [-0.1, -0.05) is 56.3 Å². The summed E-state index contributed by atoms with van der Waals surface area (Å²) in [4.78, 5) is 6.82. The van der Waals surface area contributed by atoms with Crippen LogP contribution in [-0.2, 0) is 6.42 Å². The summed E-state index contributed by atoms with van der Waals surface area (Å²) in [5.74, 6) is 0.902. The van der Waals surface area contributed by atoms with Crippen LogP contribution in [0.1, 0.15) is 38.7 Å². The van der Waals surface area contributed by atoms with Crippen LogP contribution in [-0.4, -0.2) is 49.1 Å². The van der Waals surface area contributed by atoms with Gasteiger partial charge in [0.25, 0.3) is 0 Å². The Bertz CT molecular complexity index is 797. The van der Waals surface area contributed by atoms with Crippen LogP contribution in [0.25, 0.3) is 10.8 Å².